The van der Waals surface area contributed by atoms with Gasteiger partial charge in [-0.15, -0.1) is 5.73 Å². The van der Waals surface area contributed by atoms with Gasteiger partial charge < -0.3 is 0 Å². The maximum Gasteiger partial charge on any atom is 0.0464 e. The number of fused-ring (bicyclic) bond motifs is 2. The smallest absolute Gasteiger partial charge is 0.0464 e. The summed E-state index contributed by atoms with van der Waals surface area (Å²) in [5.74, 6) is 1.59. The first-order valence-electron chi connectivity index (χ1n) is 3.54. The van der Waals surface area contributed by atoms with Crippen molar-refractivity contribution in [3.63, 3.8) is 0 Å². The highest BCUT2D eigenvalue weighted by Crippen LogP contribution is 2.43. The largest absolute Gasteiger partial charge is 0.141 e. The van der Waals surface area contributed by atoms with Gasteiger partial charge in [0.05, 0.1) is 0 Å². The van der Waals surface area contributed by atoms with Gasteiger partial charge in [-0.05, 0) is 31.1 Å². The van der Waals surface area contributed by atoms with E-state index in [1.807, 2.05) is 0 Å². The standard InChI is InChI=1S/C7H11N/c8-7-4-5-1-2-6(7)3-5/h5-7H,1-4H2. The molecule has 2 aliphatic rings. The Kier molecular flexibility index (Phi) is 0.884. The van der Waals surface area contributed by atoms with Crippen molar-refractivity contribution in [3.05, 3.63) is 0 Å². The van der Waals surface area contributed by atoms with E-state index in [-0.39, 0.29) is 6.04 Å². The van der Waals surface area contributed by atoms with Crippen LogP contribution in [0.3, 0.4) is 0 Å². The van der Waals surface area contributed by atoms with Gasteiger partial charge in [-0.25, -0.2) is 0 Å². The van der Waals surface area contributed by atoms with E-state index in [2.05, 4.69) is 0 Å². The summed E-state index contributed by atoms with van der Waals surface area (Å²) in [5, 5.41) is 0. The molecular weight excluding hydrogens is 98.1 g/mol. The molecule has 44 valence electrons. The molecule has 0 aromatic heterocycles. The first-order chi connectivity index (χ1) is 3.86. The van der Waals surface area contributed by atoms with Gasteiger partial charge >= 0.3 is 0 Å². The molecule has 0 saturated heterocycles. The number of rotatable bonds is 0. The fourth-order valence-corrected chi connectivity index (χ4v) is 2.21. The van der Waals surface area contributed by atoms with Crippen molar-refractivity contribution >= 4 is 0 Å². The van der Waals surface area contributed by atoms with Gasteiger partial charge in [-0.2, -0.15) is 0 Å². The van der Waals surface area contributed by atoms with Crippen molar-refractivity contribution in [3.8, 4) is 0 Å². The third-order valence-electron chi connectivity index (χ3n) is 2.70. The second-order valence-electron chi connectivity index (χ2n) is 3.24. The van der Waals surface area contributed by atoms with E-state index in [1.54, 1.807) is 0 Å². The van der Waals surface area contributed by atoms with Crippen LogP contribution in [-0.2, 0) is 0 Å². The molecule has 2 saturated carbocycles. The Morgan fingerprint density at radius 1 is 1.12 bits per heavy atom. The predicted octanol–water partition coefficient (Wildman–Crippen LogP) is 1.24. The minimum atomic E-state index is 0.0775. The normalized spacial score (nSPS) is 52.9. The van der Waals surface area contributed by atoms with Gasteiger partial charge in [-0.1, -0.05) is 6.42 Å². The molecule has 8 heavy (non-hydrogen) atoms. The third kappa shape index (κ3) is 0.510. The fourth-order valence-electron chi connectivity index (χ4n) is 2.21. The van der Waals surface area contributed by atoms with Gasteiger partial charge in [0.15, 0.2) is 0 Å². The zero-order valence-electron chi connectivity index (χ0n) is 5.01. The molecule has 1 nitrogen and oxygen atoms in total. The van der Waals surface area contributed by atoms with Gasteiger partial charge in [-0.3, -0.25) is 0 Å². The van der Waals surface area contributed by atoms with E-state index in [9.17, 15) is 5.73 Å². The minimum absolute atomic E-state index is 0.0775. The lowest BCUT2D eigenvalue weighted by Gasteiger charge is -2.13. The second kappa shape index (κ2) is 1.47. The molecule has 0 heterocycles. The van der Waals surface area contributed by atoms with Crippen LogP contribution in [0.2, 0.25) is 0 Å². The molecule has 2 rings (SSSR count). The monoisotopic (exact) mass is 109 g/mol. The van der Waals surface area contributed by atoms with Crippen LogP contribution in [0.5, 0.6) is 0 Å². The lowest BCUT2D eigenvalue weighted by atomic mass is 9.96. The van der Waals surface area contributed by atoms with Crippen LogP contribution in [0.4, 0.5) is 0 Å². The third-order valence-corrected chi connectivity index (χ3v) is 2.70. The van der Waals surface area contributed by atoms with Crippen molar-refractivity contribution < 1.29 is 0 Å². The Balaban J connectivity index is 2.11. The summed E-state index contributed by atoms with van der Waals surface area (Å²) in [6.07, 6.45) is 5.11. The molecular formula is C7H11N. The van der Waals surface area contributed by atoms with E-state index >= 15 is 0 Å². The lowest BCUT2D eigenvalue weighted by Crippen LogP contribution is -2.16. The molecule has 2 bridgehead atoms. The van der Waals surface area contributed by atoms with Gasteiger partial charge in [0, 0.05) is 6.04 Å². The molecule has 0 N–H and O–H groups in total. The van der Waals surface area contributed by atoms with Crippen molar-refractivity contribution in [1.82, 2.24) is 5.73 Å². The zero-order chi connectivity index (χ0) is 5.56. The van der Waals surface area contributed by atoms with Crippen LogP contribution in [0.1, 0.15) is 25.7 Å². The summed E-state index contributed by atoms with van der Waals surface area (Å²) in [6.45, 7) is 0. The van der Waals surface area contributed by atoms with Crippen molar-refractivity contribution in [1.29, 1.82) is 0 Å². The van der Waals surface area contributed by atoms with Crippen molar-refractivity contribution in [2.75, 3.05) is 0 Å². The van der Waals surface area contributed by atoms with Gasteiger partial charge in [0.1, 0.15) is 0 Å². The fraction of sp³-hybridized carbons (Fsp3) is 1.00. The SMILES string of the molecule is [N]C1CC2CCC1C2. The Morgan fingerprint density at radius 2 is 2.00 bits per heavy atom. The van der Waals surface area contributed by atoms with E-state index < -0.39 is 0 Å². The molecule has 3 atom stereocenters. The summed E-state index contributed by atoms with van der Waals surface area (Å²) >= 11 is 0. The zero-order valence-corrected chi connectivity index (χ0v) is 5.01. The molecule has 0 amide bonds. The summed E-state index contributed by atoms with van der Waals surface area (Å²) in [4.78, 5) is 0. The number of hydrogen-bond donors (Lipinski definition) is 0. The van der Waals surface area contributed by atoms with Crippen LogP contribution in [0.25, 0.3) is 0 Å². The van der Waals surface area contributed by atoms with Crippen LogP contribution in [-0.4, -0.2) is 6.04 Å². The summed E-state index contributed by atoms with van der Waals surface area (Å²) in [6, 6.07) is 0.0775. The van der Waals surface area contributed by atoms with Crippen LogP contribution in [0, 0.1) is 11.8 Å². The highest BCUT2D eigenvalue weighted by molar-refractivity contribution is 4.91. The maximum atomic E-state index is 9.22. The van der Waals surface area contributed by atoms with E-state index in [1.165, 1.54) is 19.3 Å². The molecule has 0 aromatic rings. The summed E-state index contributed by atoms with van der Waals surface area (Å²) in [7, 11) is 0. The molecule has 0 spiro atoms. The molecule has 2 fully saturated rings. The van der Waals surface area contributed by atoms with Crippen LogP contribution in [0.15, 0.2) is 0 Å². The molecule has 0 aromatic carbocycles. The quantitative estimate of drug-likeness (QED) is 0.446. The minimum Gasteiger partial charge on any atom is -0.141 e. The second-order valence-corrected chi connectivity index (χ2v) is 3.24. The molecule has 1 heteroatoms. The average molecular weight is 109 g/mol. The topological polar surface area (TPSA) is 22.3 Å². The van der Waals surface area contributed by atoms with E-state index in [4.69, 9.17) is 0 Å². The highest BCUT2D eigenvalue weighted by atomic mass is 14.7. The Hall–Kier alpha value is -0.0400. The van der Waals surface area contributed by atoms with Crippen LogP contribution < -0.4 is 5.73 Å². The predicted molar refractivity (Wildman–Crippen MR) is 31.4 cm³/mol. The average Bonchev–Trinajstić information content (AvgIpc) is 2.23. The summed E-state index contributed by atoms with van der Waals surface area (Å²) < 4.78 is 0. The Labute approximate surface area is 50.3 Å². The molecule has 3 unspecified atom stereocenters. The molecule has 2 aliphatic carbocycles. The van der Waals surface area contributed by atoms with Gasteiger partial charge in [0.25, 0.3) is 0 Å². The lowest BCUT2D eigenvalue weighted by molar-refractivity contribution is 0.409. The van der Waals surface area contributed by atoms with Gasteiger partial charge in [0.2, 0.25) is 0 Å². The highest BCUT2D eigenvalue weighted by Gasteiger charge is 2.38. The van der Waals surface area contributed by atoms with Crippen LogP contribution >= 0.6 is 0 Å². The number of hydrogen-bond acceptors (Lipinski definition) is 0. The van der Waals surface area contributed by atoms with Crippen molar-refractivity contribution in [2.45, 2.75) is 31.7 Å². The summed E-state index contributed by atoms with van der Waals surface area (Å²) in [5.41, 5.74) is 9.22. The maximum absolute atomic E-state index is 9.22. The van der Waals surface area contributed by atoms with E-state index in [0.29, 0.717) is 5.92 Å². The molecule has 2 radical (unpaired) electrons. The Bertz CT molecular complexity index is 98.6. The first-order valence-corrected chi connectivity index (χ1v) is 3.54. The Morgan fingerprint density at radius 3 is 2.25 bits per heavy atom. The van der Waals surface area contributed by atoms with E-state index in [0.717, 1.165) is 12.3 Å². The van der Waals surface area contributed by atoms with Crippen molar-refractivity contribution in [2.24, 2.45) is 11.8 Å². The molecule has 0 aliphatic heterocycles. The first kappa shape index (κ1) is 4.80. The number of nitrogens with zero attached hydrogens (tertiary/aromatic N) is 1.